The topological polar surface area (TPSA) is 59.0 Å². The molecule has 1 aromatic heterocycles. The summed E-state index contributed by atoms with van der Waals surface area (Å²) in [6.45, 7) is 0.467. The van der Waals surface area contributed by atoms with Crippen molar-refractivity contribution in [2.24, 2.45) is 7.05 Å². The Bertz CT molecular complexity index is 583. The van der Waals surface area contributed by atoms with E-state index in [1.54, 1.807) is 30.1 Å². The lowest BCUT2D eigenvalue weighted by Gasteiger charge is -2.14. The average molecular weight is 329 g/mol. The van der Waals surface area contributed by atoms with Crippen LogP contribution in [0.3, 0.4) is 0 Å². The number of benzene rings is 1. The first-order valence-electron chi connectivity index (χ1n) is 6.28. The van der Waals surface area contributed by atoms with Crippen molar-refractivity contribution < 1.29 is 4.79 Å². The Morgan fingerprint density at radius 3 is 2.57 bits per heavy atom. The van der Waals surface area contributed by atoms with Crippen LogP contribution < -0.4 is 10.6 Å². The van der Waals surface area contributed by atoms with E-state index >= 15 is 0 Å². The number of carbonyl (C=O) groups is 1. The Kier molecular flexibility index (Phi) is 6.68. The fourth-order valence-corrected chi connectivity index (χ4v) is 2.06. The molecule has 1 heterocycles. The maximum atomic E-state index is 12.2. The summed E-state index contributed by atoms with van der Waals surface area (Å²) in [6, 6.07) is 6.98. The summed E-state index contributed by atoms with van der Waals surface area (Å²) in [6.07, 6.45) is 3.51. The van der Waals surface area contributed by atoms with Gasteiger partial charge in [0.25, 0.3) is 0 Å². The van der Waals surface area contributed by atoms with Crippen molar-refractivity contribution in [1.29, 1.82) is 0 Å². The Morgan fingerprint density at radius 2 is 2.05 bits per heavy atom. The van der Waals surface area contributed by atoms with E-state index in [4.69, 9.17) is 11.6 Å². The number of nitrogens with one attached hydrogen (secondary N) is 2. The molecular weight excluding hydrogens is 311 g/mol. The smallest absolute Gasteiger partial charge is 0.242 e. The van der Waals surface area contributed by atoms with Gasteiger partial charge in [-0.25, -0.2) is 0 Å². The van der Waals surface area contributed by atoms with Gasteiger partial charge in [0.05, 0.1) is 6.20 Å². The number of aryl methyl sites for hydroxylation is 1. The second kappa shape index (κ2) is 8.02. The third kappa shape index (κ3) is 4.74. The highest BCUT2D eigenvalue weighted by atomic mass is 35.5. The average Bonchev–Trinajstić information content (AvgIpc) is 2.85. The Balaban J connectivity index is 0.00000220. The summed E-state index contributed by atoms with van der Waals surface area (Å²) in [7, 11) is 3.57. The molecule has 114 valence electrons. The van der Waals surface area contributed by atoms with E-state index in [1.165, 1.54) is 0 Å². The number of carbonyl (C=O) groups excluding carboxylic acids is 1. The zero-order valence-electron chi connectivity index (χ0n) is 11.8. The highest BCUT2D eigenvalue weighted by Gasteiger charge is 2.19. The molecular formula is C14H18Cl2N4O. The zero-order chi connectivity index (χ0) is 14.5. The van der Waals surface area contributed by atoms with Crippen LogP contribution in [0.2, 0.25) is 5.02 Å². The number of amides is 1. The number of hydrogen-bond donors (Lipinski definition) is 2. The number of rotatable bonds is 5. The van der Waals surface area contributed by atoms with Crippen LogP contribution in [0.5, 0.6) is 0 Å². The lowest BCUT2D eigenvalue weighted by Crippen LogP contribution is -2.35. The molecule has 2 rings (SSSR count). The molecule has 1 amide bonds. The van der Waals surface area contributed by atoms with Gasteiger partial charge in [-0.1, -0.05) is 23.7 Å². The van der Waals surface area contributed by atoms with Crippen molar-refractivity contribution >= 4 is 29.9 Å². The van der Waals surface area contributed by atoms with Gasteiger partial charge in [0.2, 0.25) is 5.91 Å². The number of hydrogen-bond acceptors (Lipinski definition) is 3. The van der Waals surface area contributed by atoms with Crippen molar-refractivity contribution in [3.8, 4) is 0 Å². The highest BCUT2D eigenvalue weighted by molar-refractivity contribution is 6.30. The highest BCUT2D eigenvalue weighted by Crippen LogP contribution is 2.12. The van der Waals surface area contributed by atoms with Crippen molar-refractivity contribution in [1.82, 2.24) is 20.4 Å². The van der Waals surface area contributed by atoms with Crippen LogP contribution in [0.15, 0.2) is 36.7 Å². The largest absolute Gasteiger partial charge is 0.350 e. The number of aromatic nitrogens is 2. The van der Waals surface area contributed by atoms with E-state index in [0.29, 0.717) is 11.6 Å². The molecule has 2 aromatic rings. The van der Waals surface area contributed by atoms with Crippen molar-refractivity contribution in [3.05, 3.63) is 52.8 Å². The lowest BCUT2D eigenvalue weighted by molar-refractivity contribution is -0.123. The number of nitrogens with zero attached hydrogens (tertiary/aromatic N) is 2. The zero-order valence-corrected chi connectivity index (χ0v) is 13.4. The molecule has 1 aromatic carbocycles. The third-order valence-electron chi connectivity index (χ3n) is 2.99. The standard InChI is InChI=1S/C14H17ClN4O.ClH/c1-16-13(11-8-18-19(2)9-11)14(20)17-7-10-3-5-12(15)6-4-10;/h3-6,8-9,13,16H,7H2,1-2H3,(H,17,20);1H. The molecule has 2 N–H and O–H groups in total. The Hall–Kier alpha value is -1.56. The monoisotopic (exact) mass is 328 g/mol. The predicted molar refractivity (Wildman–Crippen MR) is 85.6 cm³/mol. The summed E-state index contributed by atoms with van der Waals surface area (Å²) in [4.78, 5) is 12.2. The molecule has 1 unspecified atom stereocenters. The van der Waals surface area contributed by atoms with Gasteiger partial charge in [0.1, 0.15) is 6.04 Å². The van der Waals surface area contributed by atoms with Gasteiger partial charge in [0, 0.05) is 30.4 Å². The van der Waals surface area contributed by atoms with E-state index in [2.05, 4.69) is 15.7 Å². The van der Waals surface area contributed by atoms with E-state index in [0.717, 1.165) is 11.1 Å². The Labute approximate surface area is 135 Å². The molecule has 5 nitrogen and oxygen atoms in total. The van der Waals surface area contributed by atoms with Gasteiger partial charge < -0.3 is 10.6 Å². The third-order valence-corrected chi connectivity index (χ3v) is 3.24. The van der Waals surface area contributed by atoms with E-state index in [1.807, 2.05) is 25.4 Å². The molecule has 0 saturated carbocycles. The van der Waals surface area contributed by atoms with Crippen LogP contribution >= 0.6 is 24.0 Å². The van der Waals surface area contributed by atoms with Crippen LogP contribution in [-0.2, 0) is 18.4 Å². The van der Waals surface area contributed by atoms with Gasteiger partial charge in [0.15, 0.2) is 0 Å². The number of likely N-dealkylation sites (N-methyl/N-ethyl adjacent to an activating group) is 1. The molecule has 0 aliphatic carbocycles. The normalized spacial score (nSPS) is 11.6. The van der Waals surface area contributed by atoms with Gasteiger partial charge in [-0.2, -0.15) is 5.10 Å². The molecule has 1 atom stereocenters. The summed E-state index contributed by atoms with van der Waals surface area (Å²) in [5.74, 6) is -0.0875. The van der Waals surface area contributed by atoms with Gasteiger partial charge in [-0.3, -0.25) is 9.48 Å². The molecule has 0 radical (unpaired) electrons. The first-order chi connectivity index (χ1) is 9.60. The molecule has 0 saturated heterocycles. The van der Waals surface area contributed by atoms with Crippen molar-refractivity contribution in [3.63, 3.8) is 0 Å². The van der Waals surface area contributed by atoms with Crippen LogP contribution in [0.1, 0.15) is 17.2 Å². The van der Waals surface area contributed by atoms with Gasteiger partial charge >= 0.3 is 0 Å². The summed E-state index contributed by atoms with van der Waals surface area (Å²) < 4.78 is 1.67. The molecule has 0 spiro atoms. The molecule has 0 aliphatic heterocycles. The van der Waals surface area contributed by atoms with E-state index in [9.17, 15) is 4.79 Å². The Morgan fingerprint density at radius 1 is 1.38 bits per heavy atom. The minimum Gasteiger partial charge on any atom is -0.350 e. The molecule has 21 heavy (non-hydrogen) atoms. The molecule has 7 heteroatoms. The summed E-state index contributed by atoms with van der Waals surface area (Å²) >= 11 is 5.82. The quantitative estimate of drug-likeness (QED) is 0.883. The lowest BCUT2D eigenvalue weighted by atomic mass is 10.1. The molecule has 0 fully saturated rings. The van der Waals surface area contributed by atoms with Gasteiger partial charge in [-0.05, 0) is 24.7 Å². The van der Waals surface area contributed by atoms with Crippen molar-refractivity contribution in [2.75, 3.05) is 7.05 Å². The predicted octanol–water partition coefficient (Wildman–Crippen LogP) is 2.07. The number of halogens is 2. The van der Waals surface area contributed by atoms with Crippen molar-refractivity contribution in [2.45, 2.75) is 12.6 Å². The second-order valence-corrected chi connectivity index (χ2v) is 4.95. The minimum absolute atomic E-state index is 0. The summed E-state index contributed by atoms with van der Waals surface area (Å²) in [5.41, 5.74) is 1.84. The first-order valence-corrected chi connectivity index (χ1v) is 6.66. The molecule has 0 bridgehead atoms. The first kappa shape index (κ1) is 17.5. The van der Waals surface area contributed by atoms with Gasteiger partial charge in [-0.15, -0.1) is 12.4 Å². The summed E-state index contributed by atoms with van der Waals surface area (Å²) in [5, 5.41) is 10.6. The fourth-order valence-electron chi connectivity index (χ4n) is 1.93. The van der Waals surface area contributed by atoms with E-state index in [-0.39, 0.29) is 18.3 Å². The van der Waals surface area contributed by atoms with Crippen LogP contribution in [0.4, 0.5) is 0 Å². The van der Waals surface area contributed by atoms with Crippen LogP contribution in [0, 0.1) is 0 Å². The minimum atomic E-state index is -0.406. The maximum absolute atomic E-state index is 12.2. The van der Waals surface area contributed by atoms with E-state index < -0.39 is 6.04 Å². The van der Waals surface area contributed by atoms with Crippen LogP contribution in [0.25, 0.3) is 0 Å². The molecule has 0 aliphatic rings. The SMILES string of the molecule is CNC(C(=O)NCc1ccc(Cl)cc1)c1cnn(C)c1.Cl. The van der Waals surface area contributed by atoms with Crippen LogP contribution in [-0.4, -0.2) is 22.7 Å². The fraction of sp³-hybridized carbons (Fsp3) is 0.286. The maximum Gasteiger partial charge on any atom is 0.242 e. The second-order valence-electron chi connectivity index (χ2n) is 4.51.